The van der Waals surface area contributed by atoms with E-state index in [0.717, 1.165) is 5.56 Å². The summed E-state index contributed by atoms with van der Waals surface area (Å²) in [6.07, 6.45) is 0.910. The smallest absolute Gasteiger partial charge is 0.276 e. The first kappa shape index (κ1) is 20.0. The highest BCUT2D eigenvalue weighted by Gasteiger charge is 2.34. The van der Waals surface area contributed by atoms with Crippen LogP contribution in [0, 0.1) is 11.7 Å². The highest BCUT2D eigenvalue weighted by molar-refractivity contribution is 5.93. The Morgan fingerprint density at radius 2 is 2.04 bits per heavy atom. The molecule has 0 saturated carbocycles. The highest BCUT2D eigenvalue weighted by Crippen LogP contribution is 2.22. The van der Waals surface area contributed by atoms with Gasteiger partial charge >= 0.3 is 0 Å². The number of halogens is 1. The maximum absolute atomic E-state index is 13.2. The van der Waals surface area contributed by atoms with Crippen molar-refractivity contribution < 1.29 is 18.5 Å². The summed E-state index contributed by atoms with van der Waals surface area (Å²) in [5, 5.41) is 3.88. The summed E-state index contributed by atoms with van der Waals surface area (Å²) in [5.41, 5.74) is 1.14. The third-order valence-corrected chi connectivity index (χ3v) is 5.17. The molecule has 0 N–H and O–H groups in total. The topological polar surface area (TPSA) is 66.7 Å². The van der Waals surface area contributed by atoms with Crippen molar-refractivity contribution in [1.29, 1.82) is 0 Å². The van der Waals surface area contributed by atoms with Crippen molar-refractivity contribution in [3.8, 4) is 0 Å². The molecule has 1 aromatic carbocycles. The van der Waals surface area contributed by atoms with Gasteiger partial charge in [0.05, 0.1) is 6.04 Å². The number of carbonyl (C=O) groups excluding carboxylic acids is 2. The van der Waals surface area contributed by atoms with E-state index in [1.54, 1.807) is 23.1 Å². The van der Waals surface area contributed by atoms with E-state index in [9.17, 15) is 14.0 Å². The van der Waals surface area contributed by atoms with Crippen LogP contribution in [0.25, 0.3) is 0 Å². The molecule has 150 valence electrons. The third-order valence-electron chi connectivity index (χ3n) is 5.17. The van der Waals surface area contributed by atoms with Gasteiger partial charge in [0.15, 0.2) is 5.69 Å². The van der Waals surface area contributed by atoms with Gasteiger partial charge in [-0.2, -0.15) is 0 Å². The molecular weight excluding hydrogens is 361 g/mol. The van der Waals surface area contributed by atoms with E-state index in [2.05, 4.69) is 5.16 Å². The van der Waals surface area contributed by atoms with Gasteiger partial charge in [-0.1, -0.05) is 38.1 Å². The normalized spacial score (nSPS) is 17.9. The lowest BCUT2D eigenvalue weighted by Crippen LogP contribution is -2.47. The fourth-order valence-corrected chi connectivity index (χ4v) is 3.46. The van der Waals surface area contributed by atoms with E-state index < -0.39 is 0 Å². The molecule has 1 aliphatic heterocycles. The molecule has 2 aromatic rings. The van der Waals surface area contributed by atoms with Crippen LogP contribution in [0.5, 0.6) is 0 Å². The minimum Gasteiger partial charge on any atom is -0.361 e. The van der Waals surface area contributed by atoms with Gasteiger partial charge in [0.1, 0.15) is 11.6 Å². The molecule has 0 bridgehead atoms. The van der Waals surface area contributed by atoms with Crippen molar-refractivity contribution in [2.24, 2.45) is 5.92 Å². The minimum atomic E-state index is -0.304. The average molecular weight is 387 g/mol. The number of aromatic nitrogens is 1. The Balaban J connectivity index is 1.80. The second-order valence-electron chi connectivity index (χ2n) is 7.49. The zero-order chi connectivity index (χ0) is 20.3. The van der Waals surface area contributed by atoms with Gasteiger partial charge in [0.25, 0.3) is 5.91 Å². The van der Waals surface area contributed by atoms with Crippen molar-refractivity contribution in [2.45, 2.75) is 46.2 Å². The Hall–Kier alpha value is -2.70. The summed E-state index contributed by atoms with van der Waals surface area (Å²) in [5.74, 6) is 0.286. The monoisotopic (exact) mass is 387 g/mol. The van der Waals surface area contributed by atoms with E-state index in [1.807, 2.05) is 25.7 Å². The number of hydrogen-bond donors (Lipinski definition) is 0. The zero-order valence-corrected chi connectivity index (χ0v) is 16.5. The maximum atomic E-state index is 13.2. The summed E-state index contributed by atoms with van der Waals surface area (Å²) in [6, 6.07) is 7.70. The van der Waals surface area contributed by atoms with Crippen LogP contribution >= 0.6 is 0 Å². The molecule has 1 saturated heterocycles. The van der Waals surface area contributed by atoms with E-state index in [0.29, 0.717) is 31.8 Å². The highest BCUT2D eigenvalue weighted by atomic mass is 19.1. The lowest BCUT2D eigenvalue weighted by Gasteiger charge is -2.34. The van der Waals surface area contributed by atoms with Crippen LogP contribution < -0.4 is 0 Å². The number of carbonyl (C=O) groups is 2. The van der Waals surface area contributed by atoms with Gasteiger partial charge in [-0.05, 0) is 23.6 Å². The Bertz CT molecular complexity index is 832. The van der Waals surface area contributed by atoms with Crippen LogP contribution in [-0.2, 0) is 17.8 Å². The predicted octanol–water partition coefficient (Wildman–Crippen LogP) is 3.28. The molecule has 1 aromatic heterocycles. The largest absolute Gasteiger partial charge is 0.361 e. The predicted molar refractivity (Wildman–Crippen MR) is 102 cm³/mol. The summed E-state index contributed by atoms with van der Waals surface area (Å²) in [7, 11) is 0. The number of benzene rings is 1. The van der Waals surface area contributed by atoms with Crippen molar-refractivity contribution in [1.82, 2.24) is 15.0 Å². The lowest BCUT2D eigenvalue weighted by atomic mass is 10.0. The molecule has 6 nitrogen and oxygen atoms in total. The first-order valence-electron chi connectivity index (χ1n) is 9.67. The molecule has 28 heavy (non-hydrogen) atoms. The molecule has 1 atom stereocenters. The van der Waals surface area contributed by atoms with Crippen LogP contribution in [0.2, 0.25) is 0 Å². The molecule has 0 spiro atoms. The van der Waals surface area contributed by atoms with Crippen molar-refractivity contribution in [3.63, 3.8) is 0 Å². The number of rotatable bonds is 5. The van der Waals surface area contributed by atoms with Crippen LogP contribution in [0.3, 0.4) is 0 Å². The third kappa shape index (κ3) is 4.40. The van der Waals surface area contributed by atoms with Gasteiger partial charge in [-0.3, -0.25) is 9.59 Å². The molecule has 3 rings (SSSR count). The lowest BCUT2D eigenvalue weighted by molar-refractivity contribution is -0.134. The number of aryl methyl sites for hydroxylation is 1. The Labute approximate surface area is 164 Å². The Kier molecular flexibility index (Phi) is 6.11. The molecule has 2 amide bonds. The quantitative estimate of drug-likeness (QED) is 0.790. The average Bonchev–Trinajstić information content (AvgIpc) is 3.10. The number of nitrogens with zero attached hydrogens (tertiary/aromatic N) is 3. The minimum absolute atomic E-state index is 0.00674. The van der Waals surface area contributed by atoms with Crippen molar-refractivity contribution >= 4 is 11.8 Å². The van der Waals surface area contributed by atoms with Gasteiger partial charge in [0.2, 0.25) is 5.91 Å². The van der Waals surface area contributed by atoms with Crippen molar-refractivity contribution in [2.75, 3.05) is 13.1 Å². The van der Waals surface area contributed by atoms with Gasteiger partial charge in [-0.15, -0.1) is 0 Å². The summed E-state index contributed by atoms with van der Waals surface area (Å²) in [6.45, 7) is 7.17. The molecule has 2 heterocycles. The zero-order valence-electron chi connectivity index (χ0n) is 16.5. The number of amides is 2. The molecule has 1 unspecified atom stereocenters. The van der Waals surface area contributed by atoms with Gasteiger partial charge in [0, 0.05) is 38.5 Å². The van der Waals surface area contributed by atoms with E-state index in [-0.39, 0.29) is 41.7 Å². The molecule has 7 heteroatoms. The molecule has 0 aliphatic carbocycles. The SMILES string of the molecule is CCc1cc(C(=O)N2CCC(=O)N(Cc3ccc(F)cc3)C(C(C)C)C2)no1. The van der Waals surface area contributed by atoms with Crippen LogP contribution in [0.1, 0.15) is 49.0 Å². The summed E-state index contributed by atoms with van der Waals surface area (Å²) < 4.78 is 18.4. The Morgan fingerprint density at radius 3 is 2.64 bits per heavy atom. The second-order valence-corrected chi connectivity index (χ2v) is 7.49. The Morgan fingerprint density at radius 1 is 1.32 bits per heavy atom. The maximum Gasteiger partial charge on any atom is 0.276 e. The standard InChI is InChI=1S/C21H26FN3O3/c1-4-17-11-18(23-28-17)21(27)24-10-9-20(26)25(19(13-24)14(2)3)12-15-5-7-16(22)8-6-15/h5-8,11,14,19H,4,9-10,12-13H2,1-3H3. The summed E-state index contributed by atoms with van der Waals surface area (Å²) in [4.78, 5) is 29.2. The van der Waals surface area contributed by atoms with Gasteiger partial charge in [-0.25, -0.2) is 4.39 Å². The molecule has 1 aliphatic rings. The molecule has 0 radical (unpaired) electrons. The fourth-order valence-electron chi connectivity index (χ4n) is 3.46. The summed E-state index contributed by atoms with van der Waals surface area (Å²) >= 11 is 0. The molecular formula is C21H26FN3O3. The van der Waals surface area contributed by atoms with E-state index >= 15 is 0 Å². The first-order valence-corrected chi connectivity index (χ1v) is 9.67. The fraction of sp³-hybridized carbons (Fsp3) is 0.476. The van der Waals surface area contributed by atoms with Gasteiger partial charge < -0.3 is 14.3 Å². The van der Waals surface area contributed by atoms with Crippen LogP contribution in [0.4, 0.5) is 4.39 Å². The van der Waals surface area contributed by atoms with Crippen LogP contribution in [-0.4, -0.2) is 45.9 Å². The van der Waals surface area contributed by atoms with Crippen LogP contribution in [0.15, 0.2) is 34.9 Å². The first-order chi connectivity index (χ1) is 13.4. The molecule has 1 fully saturated rings. The number of hydrogen-bond acceptors (Lipinski definition) is 4. The second kappa shape index (κ2) is 8.54. The van der Waals surface area contributed by atoms with Crippen molar-refractivity contribution in [3.05, 3.63) is 53.2 Å². The van der Waals surface area contributed by atoms with E-state index in [4.69, 9.17) is 4.52 Å². The van der Waals surface area contributed by atoms with E-state index in [1.165, 1.54) is 12.1 Å².